The average molecular weight is 375 g/mol. The van der Waals surface area contributed by atoms with Gasteiger partial charge in [-0.2, -0.15) is 0 Å². The molecule has 0 bridgehead atoms. The predicted octanol–water partition coefficient (Wildman–Crippen LogP) is 2.74. The predicted molar refractivity (Wildman–Crippen MR) is 95.3 cm³/mol. The van der Waals surface area contributed by atoms with Gasteiger partial charge in [0.1, 0.15) is 11.5 Å². The summed E-state index contributed by atoms with van der Waals surface area (Å²) in [6.07, 6.45) is -1.14. The van der Waals surface area contributed by atoms with Crippen molar-refractivity contribution in [3.8, 4) is 0 Å². The molecule has 2 rings (SSSR count). The zero-order valence-corrected chi connectivity index (χ0v) is 14.6. The molecule has 3 N–H and O–H groups in total. The highest BCUT2D eigenvalue weighted by molar-refractivity contribution is 5.93. The summed E-state index contributed by atoms with van der Waals surface area (Å²) in [5.74, 6) is -1.85. The standard InChI is InChI=1S/C18H18FN3O5/c1-10(12-3-6-14(19)7-4-12)21-17(23)11(2)27-18(24)13-5-8-15(20)16(9-13)22(25)26/h3-11H,20H2,1-2H3,(H,21,23)/t10-,11-/m1/s1. The summed E-state index contributed by atoms with van der Waals surface area (Å²) in [6.45, 7) is 3.07. The molecule has 2 aromatic carbocycles. The zero-order chi connectivity index (χ0) is 20.1. The van der Waals surface area contributed by atoms with Crippen molar-refractivity contribution in [1.29, 1.82) is 0 Å². The van der Waals surface area contributed by atoms with Crippen LogP contribution in [0.25, 0.3) is 0 Å². The van der Waals surface area contributed by atoms with E-state index in [-0.39, 0.29) is 11.3 Å². The molecule has 2 atom stereocenters. The molecular weight excluding hydrogens is 357 g/mol. The first-order valence-electron chi connectivity index (χ1n) is 7.99. The van der Waals surface area contributed by atoms with Gasteiger partial charge in [0.15, 0.2) is 6.10 Å². The van der Waals surface area contributed by atoms with Crippen molar-refractivity contribution in [3.63, 3.8) is 0 Å². The number of halogens is 1. The van der Waals surface area contributed by atoms with Crippen LogP contribution in [0.15, 0.2) is 42.5 Å². The first-order valence-corrected chi connectivity index (χ1v) is 7.99. The minimum atomic E-state index is -1.14. The van der Waals surface area contributed by atoms with Crippen LogP contribution in [0, 0.1) is 15.9 Å². The van der Waals surface area contributed by atoms with Crippen LogP contribution in [0.3, 0.4) is 0 Å². The Labute approximate surface area is 154 Å². The molecule has 2 aromatic rings. The van der Waals surface area contributed by atoms with Gasteiger partial charge in [-0.15, -0.1) is 0 Å². The van der Waals surface area contributed by atoms with Gasteiger partial charge in [0, 0.05) is 6.07 Å². The number of carbonyl (C=O) groups excluding carboxylic acids is 2. The van der Waals surface area contributed by atoms with Gasteiger partial charge in [0.05, 0.1) is 16.5 Å². The first kappa shape index (κ1) is 19.8. The normalized spacial score (nSPS) is 12.7. The van der Waals surface area contributed by atoms with Gasteiger partial charge in [-0.25, -0.2) is 9.18 Å². The van der Waals surface area contributed by atoms with E-state index in [0.717, 1.165) is 6.07 Å². The number of nitrogens with zero attached hydrogens (tertiary/aromatic N) is 1. The third-order valence-corrected chi connectivity index (χ3v) is 3.84. The zero-order valence-electron chi connectivity index (χ0n) is 14.6. The highest BCUT2D eigenvalue weighted by Gasteiger charge is 2.23. The second-order valence-electron chi connectivity index (χ2n) is 5.86. The van der Waals surface area contributed by atoms with E-state index in [2.05, 4.69) is 5.32 Å². The maximum absolute atomic E-state index is 13.0. The van der Waals surface area contributed by atoms with E-state index in [9.17, 15) is 24.1 Å². The van der Waals surface area contributed by atoms with Crippen molar-refractivity contribution in [3.05, 3.63) is 69.5 Å². The van der Waals surface area contributed by atoms with Crippen molar-refractivity contribution in [2.45, 2.75) is 26.0 Å². The van der Waals surface area contributed by atoms with E-state index in [1.807, 2.05) is 0 Å². The average Bonchev–Trinajstić information content (AvgIpc) is 2.62. The van der Waals surface area contributed by atoms with E-state index >= 15 is 0 Å². The smallest absolute Gasteiger partial charge is 0.339 e. The lowest BCUT2D eigenvalue weighted by Crippen LogP contribution is -2.37. The number of benzene rings is 2. The molecule has 27 heavy (non-hydrogen) atoms. The maximum atomic E-state index is 13.0. The highest BCUT2D eigenvalue weighted by Crippen LogP contribution is 2.23. The maximum Gasteiger partial charge on any atom is 0.339 e. The molecule has 0 aliphatic heterocycles. The van der Waals surface area contributed by atoms with Crippen molar-refractivity contribution in [1.82, 2.24) is 5.32 Å². The monoisotopic (exact) mass is 375 g/mol. The van der Waals surface area contributed by atoms with Crippen LogP contribution in [0.1, 0.15) is 35.8 Å². The van der Waals surface area contributed by atoms with E-state index in [4.69, 9.17) is 10.5 Å². The van der Waals surface area contributed by atoms with Crippen LogP contribution in [0.2, 0.25) is 0 Å². The van der Waals surface area contributed by atoms with Gasteiger partial charge < -0.3 is 15.8 Å². The summed E-state index contributed by atoms with van der Waals surface area (Å²) in [4.78, 5) is 34.5. The number of nitro benzene ring substituents is 1. The van der Waals surface area contributed by atoms with Crippen molar-refractivity contribution < 1.29 is 23.6 Å². The quantitative estimate of drug-likeness (QED) is 0.346. The van der Waals surface area contributed by atoms with Crippen LogP contribution in [-0.4, -0.2) is 22.9 Å². The number of nitro groups is 1. The van der Waals surface area contributed by atoms with Gasteiger partial charge in [-0.1, -0.05) is 12.1 Å². The molecule has 1 amide bonds. The van der Waals surface area contributed by atoms with Gasteiger partial charge >= 0.3 is 5.97 Å². The van der Waals surface area contributed by atoms with Gasteiger partial charge in [0.25, 0.3) is 11.6 Å². The molecule has 0 radical (unpaired) electrons. The van der Waals surface area contributed by atoms with Gasteiger partial charge in [-0.3, -0.25) is 14.9 Å². The number of nitrogens with two attached hydrogens (primary N) is 1. The number of nitrogens with one attached hydrogen (secondary N) is 1. The number of anilines is 1. The lowest BCUT2D eigenvalue weighted by Gasteiger charge is -2.18. The summed E-state index contributed by atoms with van der Waals surface area (Å²) in [7, 11) is 0. The molecule has 0 unspecified atom stereocenters. The topological polar surface area (TPSA) is 125 Å². The van der Waals surface area contributed by atoms with E-state index < -0.39 is 40.5 Å². The summed E-state index contributed by atoms with van der Waals surface area (Å²) >= 11 is 0. The van der Waals surface area contributed by atoms with Crippen molar-refractivity contribution in [2.75, 3.05) is 5.73 Å². The Morgan fingerprint density at radius 2 is 1.81 bits per heavy atom. The van der Waals surface area contributed by atoms with E-state index in [1.54, 1.807) is 6.92 Å². The van der Waals surface area contributed by atoms with Crippen LogP contribution >= 0.6 is 0 Å². The third kappa shape index (κ3) is 5.00. The Balaban J connectivity index is 2.01. The Hall–Kier alpha value is -3.49. The van der Waals surface area contributed by atoms with E-state index in [0.29, 0.717) is 5.56 Å². The lowest BCUT2D eigenvalue weighted by molar-refractivity contribution is -0.383. The number of hydrogen-bond acceptors (Lipinski definition) is 6. The molecule has 0 aliphatic rings. The van der Waals surface area contributed by atoms with Gasteiger partial charge in [0.2, 0.25) is 0 Å². The first-order chi connectivity index (χ1) is 12.7. The van der Waals surface area contributed by atoms with Crippen molar-refractivity contribution in [2.24, 2.45) is 0 Å². The second-order valence-corrected chi connectivity index (χ2v) is 5.86. The largest absolute Gasteiger partial charge is 0.449 e. The SMILES string of the molecule is C[C@@H](OC(=O)c1ccc(N)c([N+](=O)[O-])c1)C(=O)N[C@H](C)c1ccc(F)cc1. The summed E-state index contributed by atoms with van der Waals surface area (Å²) in [5.41, 5.74) is 5.55. The number of ether oxygens (including phenoxy) is 1. The molecule has 142 valence electrons. The Morgan fingerprint density at radius 1 is 1.19 bits per heavy atom. The Kier molecular flexibility index (Phi) is 6.07. The summed E-state index contributed by atoms with van der Waals surface area (Å²) in [6, 6.07) is 8.66. The van der Waals surface area contributed by atoms with Crippen LogP contribution < -0.4 is 11.1 Å². The number of hydrogen-bond donors (Lipinski definition) is 2. The van der Waals surface area contributed by atoms with E-state index in [1.165, 1.54) is 43.3 Å². The molecule has 8 nitrogen and oxygen atoms in total. The molecule has 0 aromatic heterocycles. The summed E-state index contributed by atoms with van der Waals surface area (Å²) in [5, 5.41) is 13.5. The molecule has 0 saturated carbocycles. The third-order valence-electron chi connectivity index (χ3n) is 3.84. The fourth-order valence-electron chi connectivity index (χ4n) is 2.28. The van der Waals surface area contributed by atoms with Gasteiger partial charge in [-0.05, 0) is 43.7 Å². The lowest BCUT2D eigenvalue weighted by atomic mass is 10.1. The number of amides is 1. The molecule has 0 aliphatic carbocycles. The number of carbonyl (C=O) groups is 2. The minimum absolute atomic E-state index is 0.0875. The summed E-state index contributed by atoms with van der Waals surface area (Å²) < 4.78 is 18.0. The molecule has 0 heterocycles. The van der Waals surface area contributed by atoms with Crippen LogP contribution in [0.4, 0.5) is 15.8 Å². The van der Waals surface area contributed by atoms with Crippen LogP contribution in [-0.2, 0) is 9.53 Å². The highest BCUT2D eigenvalue weighted by atomic mass is 19.1. The second kappa shape index (κ2) is 8.26. The number of rotatable bonds is 6. The number of esters is 1. The fourth-order valence-corrected chi connectivity index (χ4v) is 2.28. The molecule has 0 fully saturated rings. The molecule has 0 saturated heterocycles. The molecular formula is C18H18FN3O5. The minimum Gasteiger partial charge on any atom is -0.449 e. The Morgan fingerprint density at radius 3 is 2.41 bits per heavy atom. The molecule has 0 spiro atoms. The van der Waals surface area contributed by atoms with Crippen molar-refractivity contribution >= 4 is 23.3 Å². The fraction of sp³-hybridized carbons (Fsp3) is 0.222. The number of nitrogen functional groups attached to an aromatic ring is 1. The van der Waals surface area contributed by atoms with Crippen LogP contribution in [0.5, 0.6) is 0 Å². The molecule has 9 heteroatoms. The Bertz CT molecular complexity index is 870.